The third-order valence-corrected chi connectivity index (χ3v) is 4.70. The van der Waals surface area contributed by atoms with Crippen LogP contribution in [0.1, 0.15) is 45.4 Å². The fourth-order valence-electron chi connectivity index (χ4n) is 3.41. The third-order valence-electron chi connectivity index (χ3n) is 4.70. The normalized spacial score (nSPS) is 28.4. The molecule has 5 nitrogen and oxygen atoms in total. The molecule has 3 unspecified atom stereocenters. The van der Waals surface area contributed by atoms with E-state index in [0.717, 1.165) is 45.3 Å². The molecule has 0 spiro atoms. The van der Waals surface area contributed by atoms with Gasteiger partial charge in [0.25, 0.3) is 0 Å². The van der Waals surface area contributed by atoms with Gasteiger partial charge in [-0.1, -0.05) is 6.92 Å². The maximum absolute atomic E-state index is 12.3. The molecular formula is C15H26N2O3. The van der Waals surface area contributed by atoms with Crippen LogP contribution >= 0.6 is 0 Å². The average molecular weight is 282 g/mol. The van der Waals surface area contributed by atoms with Crippen molar-refractivity contribution in [1.82, 2.24) is 10.2 Å². The van der Waals surface area contributed by atoms with Gasteiger partial charge in [-0.25, -0.2) is 0 Å². The number of aliphatic carboxylic acids is 1. The van der Waals surface area contributed by atoms with Crippen molar-refractivity contribution in [2.75, 3.05) is 19.6 Å². The zero-order chi connectivity index (χ0) is 14.5. The lowest BCUT2D eigenvalue weighted by molar-refractivity contribution is -0.138. The molecule has 20 heavy (non-hydrogen) atoms. The van der Waals surface area contributed by atoms with E-state index < -0.39 is 5.97 Å². The van der Waals surface area contributed by atoms with E-state index in [1.54, 1.807) is 0 Å². The quantitative estimate of drug-likeness (QED) is 0.801. The first kappa shape index (κ1) is 15.3. The van der Waals surface area contributed by atoms with Gasteiger partial charge in [0.1, 0.15) is 0 Å². The zero-order valence-electron chi connectivity index (χ0n) is 12.3. The Balaban J connectivity index is 1.82. The minimum atomic E-state index is -0.740. The topological polar surface area (TPSA) is 69.6 Å². The fraction of sp³-hybridized carbons (Fsp3) is 0.867. The van der Waals surface area contributed by atoms with Crippen LogP contribution in [0.2, 0.25) is 0 Å². The van der Waals surface area contributed by atoms with E-state index >= 15 is 0 Å². The highest BCUT2D eigenvalue weighted by molar-refractivity contribution is 5.77. The van der Waals surface area contributed by atoms with E-state index in [2.05, 4.69) is 5.32 Å². The third kappa shape index (κ3) is 4.20. The van der Waals surface area contributed by atoms with Crippen molar-refractivity contribution in [3.05, 3.63) is 0 Å². The molecule has 0 aromatic carbocycles. The smallest absolute Gasteiger partial charge is 0.303 e. The predicted molar refractivity (Wildman–Crippen MR) is 76.4 cm³/mol. The number of carbonyl (C=O) groups excluding carboxylic acids is 1. The number of nitrogens with one attached hydrogen (secondary N) is 1. The molecule has 0 radical (unpaired) electrons. The van der Waals surface area contributed by atoms with Crippen LogP contribution in [0.4, 0.5) is 0 Å². The number of carboxylic acids is 1. The van der Waals surface area contributed by atoms with Crippen LogP contribution in [0.3, 0.4) is 0 Å². The molecule has 2 fully saturated rings. The maximum Gasteiger partial charge on any atom is 0.303 e. The van der Waals surface area contributed by atoms with Crippen LogP contribution in [-0.2, 0) is 9.59 Å². The highest BCUT2D eigenvalue weighted by atomic mass is 16.4. The van der Waals surface area contributed by atoms with Gasteiger partial charge in [-0.15, -0.1) is 0 Å². The molecule has 2 aliphatic heterocycles. The number of amides is 1. The number of rotatable bonds is 5. The van der Waals surface area contributed by atoms with Crippen molar-refractivity contribution in [2.24, 2.45) is 11.8 Å². The Morgan fingerprint density at radius 1 is 1.35 bits per heavy atom. The summed E-state index contributed by atoms with van der Waals surface area (Å²) in [4.78, 5) is 25.1. The lowest BCUT2D eigenvalue weighted by atomic mass is 9.84. The Kier molecular flexibility index (Phi) is 5.40. The molecule has 0 aliphatic carbocycles. The molecule has 2 rings (SSSR count). The minimum Gasteiger partial charge on any atom is -0.481 e. The predicted octanol–water partition coefficient (Wildman–Crippen LogP) is 1.48. The number of hydrogen-bond acceptors (Lipinski definition) is 3. The highest BCUT2D eigenvalue weighted by Crippen LogP contribution is 2.26. The first-order chi connectivity index (χ1) is 9.56. The van der Waals surface area contributed by atoms with E-state index in [1.165, 1.54) is 0 Å². The van der Waals surface area contributed by atoms with Crippen molar-refractivity contribution in [2.45, 2.75) is 51.5 Å². The molecular weight excluding hydrogens is 256 g/mol. The van der Waals surface area contributed by atoms with E-state index in [4.69, 9.17) is 5.11 Å². The van der Waals surface area contributed by atoms with Gasteiger partial charge in [0, 0.05) is 32.0 Å². The monoisotopic (exact) mass is 282 g/mol. The molecule has 2 aliphatic rings. The minimum absolute atomic E-state index is 0.146. The van der Waals surface area contributed by atoms with Crippen molar-refractivity contribution < 1.29 is 14.7 Å². The van der Waals surface area contributed by atoms with Gasteiger partial charge in [0.15, 0.2) is 0 Å². The van der Waals surface area contributed by atoms with Gasteiger partial charge < -0.3 is 15.3 Å². The summed E-state index contributed by atoms with van der Waals surface area (Å²) >= 11 is 0. The number of hydrogen-bond donors (Lipinski definition) is 2. The Hall–Kier alpha value is -1.10. The molecule has 2 heterocycles. The SMILES string of the molecule is CC(CC(=O)O)C1CCCN(C(=O)CC2CCCN2)C1. The number of nitrogens with zero attached hydrogens (tertiary/aromatic N) is 1. The van der Waals surface area contributed by atoms with Crippen LogP contribution in [-0.4, -0.2) is 47.6 Å². The largest absolute Gasteiger partial charge is 0.481 e. The van der Waals surface area contributed by atoms with Crippen molar-refractivity contribution in [3.63, 3.8) is 0 Å². The summed E-state index contributed by atoms with van der Waals surface area (Å²) in [6, 6.07) is 0.347. The molecule has 0 bridgehead atoms. The zero-order valence-corrected chi connectivity index (χ0v) is 12.3. The van der Waals surface area contributed by atoms with Crippen LogP contribution in [0.15, 0.2) is 0 Å². The molecule has 5 heteroatoms. The van der Waals surface area contributed by atoms with Gasteiger partial charge in [0.05, 0.1) is 0 Å². The van der Waals surface area contributed by atoms with Gasteiger partial charge in [0.2, 0.25) is 5.91 Å². The first-order valence-corrected chi connectivity index (χ1v) is 7.79. The number of likely N-dealkylation sites (tertiary alicyclic amines) is 1. The Morgan fingerprint density at radius 2 is 2.15 bits per heavy atom. The van der Waals surface area contributed by atoms with Gasteiger partial charge in [-0.05, 0) is 44.1 Å². The molecule has 0 saturated carbocycles. The molecule has 2 saturated heterocycles. The van der Waals surface area contributed by atoms with Crippen LogP contribution in [0.5, 0.6) is 0 Å². The fourth-order valence-corrected chi connectivity index (χ4v) is 3.41. The number of carbonyl (C=O) groups is 2. The molecule has 2 N–H and O–H groups in total. The summed E-state index contributed by atoms with van der Waals surface area (Å²) in [5.41, 5.74) is 0. The number of carboxylic acid groups (broad SMARTS) is 1. The standard InChI is InChI=1S/C15H26N2O3/c1-11(8-15(19)20)12-4-3-7-17(10-12)14(18)9-13-5-2-6-16-13/h11-13,16H,2-10H2,1H3,(H,19,20). The molecule has 114 valence electrons. The lowest BCUT2D eigenvalue weighted by Crippen LogP contribution is -2.43. The van der Waals surface area contributed by atoms with E-state index in [9.17, 15) is 9.59 Å². The van der Waals surface area contributed by atoms with Gasteiger partial charge in [-0.2, -0.15) is 0 Å². The van der Waals surface area contributed by atoms with Crippen molar-refractivity contribution in [1.29, 1.82) is 0 Å². The van der Waals surface area contributed by atoms with Crippen LogP contribution in [0.25, 0.3) is 0 Å². The first-order valence-electron chi connectivity index (χ1n) is 7.79. The highest BCUT2D eigenvalue weighted by Gasteiger charge is 2.29. The second kappa shape index (κ2) is 7.07. The van der Waals surface area contributed by atoms with Crippen molar-refractivity contribution in [3.8, 4) is 0 Å². The summed E-state index contributed by atoms with van der Waals surface area (Å²) in [7, 11) is 0. The summed E-state index contributed by atoms with van der Waals surface area (Å²) in [6.45, 7) is 4.59. The Labute approximate surface area is 120 Å². The summed E-state index contributed by atoms with van der Waals surface area (Å²) < 4.78 is 0. The molecule has 0 aromatic heterocycles. The van der Waals surface area contributed by atoms with Crippen molar-refractivity contribution >= 4 is 11.9 Å². The summed E-state index contributed by atoms with van der Waals surface area (Å²) in [6.07, 6.45) is 5.10. The maximum atomic E-state index is 12.3. The molecule has 0 aromatic rings. The Bertz CT molecular complexity index is 353. The van der Waals surface area contributed by atoms with Gasteiger partial charge in [-0.3, -0.25) is 9.59 Å². The number of piperidine rings is 1. The van der Waals surface area contributed by atoms with E-state index in [1.807, 2.05) is 11.8 Å². The molecule has 1 amide bonds. The van der Waals surface area contributed by atoms with E-state index in [-0.39, 0.29) is 18.2 Å². The van der Waals surface area contributed by atoms with Crippen LogP contribution < -0.4 is 5.32 Å². The van der Waals surface area contributed by atoms with Gasteiger partial charge >= 0.3 is 5.97 Å². The Morgan fingerprint density at radius 3 is 2.80 bits per heavy atom. The lowest BCUT2D eigenvalue weighted by Gasteiger charge is -2.36. The molecule has 3 atom stereocenters. The van der Waals surface area contributed by atoms with E-state index in [0.29, 0.717) is 18.4 Å². The van der Waals surface area contributed by atoms with Crippen LogP contribution in [0, 0.1) is 11.8 Å². The average Bonchev–Trinajstić information content (AvgIpc) is 2.91. The summed E-state index contributed by atoms with van der Waals surface area (Å²) in [5.74, 6) is -0.0271. The second-order valence-corrected chi connectivity index (χ2v) is 6.31. The summed E-state index contributed by atoms with van der Waals surface area (Å²) in [5, 5.41) is 12.3. The second-order valence-electron chi connectivity index (χ2n) is 6.31.